The molecule has 2 aromatic heterocycles. The molecule has 0 spiro atoms. The number of aromatic nitrogens is 4. The molecular weight excluding hydrogens is 414 g/mol. The van der Waals surface area contributed by atoms with Gasteiger partial charge in [-0.25, -0.2) is 4.68 Å². The normalized spacial score (nSPS) is 11.9. The number of carbonyl (C=O) groups excluding carboxylic acids is 1. The molecule has 0 radical (unpaired) electrons. The van der Waals surface area contributed by atoms with Crippen LogP contribution in [0.2, 0.25) is 0 Å². The highest BCUT2D eigenvalue weighted by atomic mass is 16.5. The average molecular weight is 444 g/mol. The summed E-state index contributed by atoms with van der Waals surface area (Å²) in [7, 11) is 1.62. The molecule has 2 heterocycles. The van der Waals surface area contributed by atoms with Gasteiger partial charge in [0.1, 0.15) is 11.4 Å². The maximum Gasteiger partial charge on any atom is 0.255 e. The van der Waals surface area contributed by atoms with Crippen LogP contribution in [0.3, 0.4) is 0 Å². The van der Waals surface area contributed by atoms with E-state index in [1.54, 1.807) is 18.0 Å². The average Bonchev–Trinajstić information content (AvgIpc) is 3.37. The Bertz CT molecular complexity index is 1270. The van der Waals surface area contributed by atoms with E-state index in [4.69, 9.17) is 9.84 Å². The molecule has 7 heteroatoms. The standard InChI is InChI=1S/C26H29N5O2/c1-17-9-11-22(12-10-17)31-16-24(25(29-31)21-7-6-8-23(14-21)33-5)26(32)27-19(3)15-30-20(4)13-18(2)28-30/h6-14,16,19H,15H2,1-5H3,(H,27,32)/t19-/m1/s1. The highest BCUT2D eigenvalue weighted by Gasteiger charge is 2.21. The third-order valence-electron chi connectivity index (χ3n) is 5.53. The Morgan fingerprint density at radius 3 is 2.48 bits per heavy atom. The molecule has 0 saturated carbocycles. The van der Waals surface area contributed by atoms with Crippen molar-refractivity contribution in [2.75, 3.05) is 7.11 Å². The van der Waals surface area contributed by atoms with Gasteiger partial charge in [-0.1, -0.05) is 29.8 Å². The number of ether oxygens (including phenoxy) is 1. The zero-order valence-corrected chi connectivity index (χ0v) is 19.7. The molecule has 4 aromatic rings. The molecule has 1 N–H and O–H groups in total. The van der Waals surface area contributed by atoms with Crippen LogP contribution < -0.4 is 10.1 Å². The topological polar surface area (TPSA) is 74.0 Å². The lowest BCUT2D eigenvalue weighted by atomic mass is 10.1. The molecule has 0 unspecified atom stereocenters. The van der Waals surface area contributed by atoms with Gasteiger partial charge in [0.05, 0.1) is 30.6 Å². The lowest BCUT2D eigenvalue weighted by Gasteiger charge is -2.15. The fourth-order valence-corrected chi connectivity index (χ4v) is 3.82. The molecule has 0 aliphatic rings. The van der Waals surface area contributed by atoms with E-state index < -0.39 is 0 Å². The highest BCUT2D eigenvalue weighted by Crippen LogP contribution is 2.27. The van der Waals surface area contributed by atoms with Crippen LogP contribution in [0.4, 0.5) is 0 Å². The first-order valence-electron chi connectivity index (χ1n) is 11.0. The zero-order valence-electron chi connectivity index (χ0n) is 19.7. The number of rotatable bonds is 7. The van der Waals surface area contributed by atoms with Crippen molar-refractivity contribution >= 4 is 5.91 Å². The summed E-state index contributed by atoms with van der Waals surface area (Å²) in [5.74, 6) is 0.529. The van der Waals surface area contributed by atoms with Gasteiger partial charge in [0, 0.05) is 23.5 Å². The van der Waals surface area contributed by atoms with Crippen LogP contribution in [-0.4, -0.2) is 38.6 Å². The molecule has 7 nitrogen and oxygen atoms in total. The maximum atomic E-state index is 13.4. The predicted octanol–water partition coefficient (Wildman–Crippen LogP) is 4.49. The molecule has 33 heavy (non-hydrogen) atoms. The lowest BCUT2D eigenvalue weighted by molar-refractivity contribution is 0.0936. The molecule has 0 saturated heterocycles. The van der Waals surface area contributed by atoms with Crippen LogP contribution in [0.5, 0.6) is 5.75 Å². The Morgan fingerprint density at radius 2 is 1.82 bits per heavy atom. The number of methoxy groups -OCH3 is 1. The molecule has 0 aliphatic heterocycles. The second-order valence-electron chi connectivity index (χ2n) is 8.39. The predicted molar refractivity (Wildman–Crippen MR) is 129 cm³/mol. The fourth-order valence-electron chi connectivity index (χ4n) is 3.82. The van der Waals surface area contributed by atoms with Crippen molar-refractivity contribution in [3.8, 4) is 22.7 Å². The minimum Gasteiger partial charge on any atom is -0.497 e. The van der Waals surface area contributed by atoms with Gasteiger partial charge in [0.2, 0.25) is 0 Å². The maximum absolute atomic E-state index is 13.4. The third-order valence-corrected chi connectivity index (χ3v) is 5.53. The third kappa shape index (κ3) is 4.98. The van der Waals surface area contributed by atoms with Crippen molar-refractivity contribution in [2.45, 2.75) is 40.3 Å². The van der Waals surface area contributed by atoms with E-state index in [9.17, 15) is 4.79 Å². The molecule has 0 fully saturated rings. The summed E-state index contributed by atoms with van der Waals surface area (Å²) >= 11 is 0. The quantitative estimate of drug-likeness (QED) is 0.457. The van der Waals surface area contributed by atoms with Gasteiger partial charge in [0.25, 0.3) is 5.91 Å². The number of benzene rings is 2. The van der Waals surface area contributed by atoms with Crippen molar-refractivity contribution in [3.05, 3.63) is 83.3 Å². The molecule has 1 amide bonds. The van der Waals surface area contributed by atoms with Gasteiger partial charge in [-0.3, -0.25) is 9.48 Å². The van der Waals surface area contributed by atoms with Crippen LogP contribution >= 0.6 is 0 Å². The number of nitrogens with one attached hydrogen (secondary N) is 1. The van der Waals surface area contributed by atoms with Gasteiger partial charge in [-0.15, -0.1) is 0 Å². The van der Waals surface area contributed by atoms with Gasteiger partial charge >= 0.3 is 0 Å². The Hall–Kier alpha value is -3.87. The first-order valence-corrected chi connectivity index (χ1v) is 11.0. The number of aryl methyl sites for hydroxylation is 3. The Balaban J connectivity index is 1.66. The van der Waals surface area contributed by atoms with Gasteiger partial charge < -0.3 is 10.1 Å². The van der Waals surface area contributed by atoms with Crippen LogP contribution in [0.25, 0.3) is 16.9 Å². The number of hydrogen-bond donors (Lipinski definition) is 1. The first-order chi connectivity index (χ1) is 15.8. The van der Waals surface area contributed by atoms with E-state index in [-0.39, 0.29) is 11.9 Å². The van der Waals surface area contributed by atoms with E-state index in [0.717, 1.165) is 28.2 Å². The fraction of sp³-hybridized carbons (Fsp3) is 0.269. The Labute approximate surface area is 194 Å². The molecule has 170 valence electrons. The summed E-state index contributed by atoms with van der Waals surface area (Å²) in [5.41, 5.74) is 6.00. The lowest BCUT2D eigenvalue weighted by Crippen LogP contribution is -2.36. The van der Waals surface area contributed by atoms with Gasteiger partial charge in [0.15, 0.2) is 0 Å². The molecule has 0 aliphatic carbocycles. The zero-order chi connectivity index (χ0) is 23.5. The van der Waals surface area contributed by atoms with Crippen molar-refractivity contribution in [1.82, 2.24) is 24.9 Å². The monoisotopic (exact) mass is 443 g/mol. The van der Waals surface area contributed by atoms with Gasteiger partial charge in [-0.05, 0) is 58.0 Å². The SMILES string of the molecule is COc1cccc(-c2nn(-c3ccc(C)cc3)cc2C(=O)N[C@H](C)Cn2nc(C)cc2C)c1. The number of amides is 1. The summed E-state index contributed by atoms with van der Waals surface area (Å²) in [6.07, 6.45) is 1.78. The smallest absolute Gasteiger partial charge is 0.255 e. The van der Waals surface area contributed by atoms with E-state index >= 15 is 0 Å². The van der Waals surface area contributed by atoms with E-state index in [1.165, 1.54) is 0 Å². The minimum atomic E-state index is -0.180. The number of nitrogens with zero attached hydrogens (tertiary/aromatic N) is 4. The van der Waals surface area contributed by atoms with Crippen molar-refractivity contribution in [3.63, 3.8) is 0 Å². The second kappa shape index (κ2) is 9.32. The summed E-state index contributed by atoms with van der Waals surface area (Å²) in [6, 6.07) is 17.5. The van der Waals surface area contributed by atoms with Crippen LogP contribution in [0.15, 0.2) is 60.8 Å². The van der Waals surface area contributed by atoms with Gasteiger partial charge in [-0.2, -0.15) is 10.2 Å². The second-order valence-corrected chi connectivity index (χ2v) is 8.39. The molecule has 1 atom stereocenters. The first kappa shape index (κ1) is 22.3. The van der Waals surface area contributed by atoms with Crippen molar-refractivity contribution in [1.29, 1.82) is 0 Å². The minimum absolute atomic E-state index is 0.114. The molecule has 2 aromatic carbocycles. The van der Waals surface area contributed by atoms with Crippen LogP contribution in [0, 0.1) is 20.8 Å². The van der Waals surface area contributed by atoms with E-state index in [0.29, 0.717) is 23.6 Å². The highest BCUT2D eigenvalue weighted by molar-refractivity contribution is 6.00. The van der Waals surface area contributed by atoms with Crippen molar-refractivity contribution < 1.29 is 9.53 Å². The van der Waals surface area contributed by atoms with Crippen LogP contribution in [0.1, 0.15) is 34.2 Å². The number of hydrogen-bond acceptors (Lipinski definition) is 4. The summed E-state index contributed by atoms with van der Waals surface area (Å²) in [6.45, 7) is 8.58. The van der Waals surface area contributed by atoms with Crippen molar-refractivity contribution in [2.24, 2.45) is 0 Å². The number of carbonyl (C=O) groups is 1. The molecule has 4 rings (SSSR count). The largest absolute Gasteiger partial charge is 0.497 e. The van der Waals surface area contributed by atoms with Crippen LogP contribution in [-0.2, 0) is 6.54 Å². The molecular formula is C26H29N5O2. The van der Waals surface area contributed by atoms with E-state index in [2.05, 4.69) is 10.4 Å². The molecule has 0 bridgehead atoms. The summed E-state index contributed by atoms with van der Waals surface area (Å²) < 4.78 is 9.04. The summed E-state index contributed by atoms with van der Waals surface area (Å²) in [5, 5.41) is 12.4. The Kier molecular flexibility index (Phi) is 6.31. The van der Waals surface area contributed by atoms with E-state index in [1.807, 2.05) is 87.0 Å². The Morgan fingerprint density at radius 1 is 1.06 bits per heavy atom. The summed E-state index contributed by atoms with van der Waals surface area (Å²) in [4.78, 5) is 13.4.